The third-order valence-electron chi connectivity index (χ3n) is 4.06. The number of carbonyl (C=O) groups excluding carboxylic acids is 1. The Kier molecular flexibility index (Phi) is 4.30. The number of rotatable bonds is 6. The Labute approximate surface area is 119 Å². The summed E-state index contributed by atoms with van der Waals surface area (Å²) in [7, 11) is 0. The lowest BCUT2D eigenvalue weighted by Gasteiger charge is -2.26. The lowest BCUT2D eigenvalue weighted by molar-refractivity contribution is 0.0941. The maximum Gasteiger partial charge on any atom is 0.290 e. The molecule has 0 unspecified atom stereocenters. The van der Waals surface area contributed by atoms with Gasteiger partial charge in [-0.3, -0.25) is 9.89 Å². The molecule has 2 N–H and O–H groups in total. The number of aromatic amines is 1. The largest absolute Gasteiger partial charge is 0.349 e. The second-order valence-corrected chi connectivity index (χ2v) is 5.83. The van der Waals surface area contributed by atoms with Crippen LogP contribution < -0.4 is 5.32 Å². The van der Waals surface area contributed by atoms with Crippen molar-refractivity contribution in [1.29, 1.82) is 0 Å². The first-order valence-corrected chi connectivity index (χ1v) is 7.76. The molecule has 1 amide bonds. The summed E-state index contributed by atoms with van der Waals surface area (Å²) in [6.07, 6.45) is 7.30. The molecule has 0 bridgehead atoms. The summed E-state index contributed by atoms with van der Waals surface area (Å²) in [4.78, 5) is 18.6. The molecule has 0 atom stereocenters. The number of amides is 1. The molecule has 6 heteroatoms. The Morgan fingerprint density at radius 3 is 2.85 bits per heavy atom. The van der Waals surface area contributed by atoms with E-state index in [-0.39, 0.29) is 11.7 Å². The molecule has 1 aromatic rings. The minimum Gasteiger partial charge on any atom is -0.349 e. The lowest BCUT2D eigenvalue weighted by Crippen LogP contribution is -2.33. The van der Waals surface area contributed by atoms with Gasteiger partial charge in [0.15, 0.2) is 0 Å². The molecule has 20 heavy (non-hydrogen) atoms. The SMILES string of the molecule is O=C(NCCCN1CCCCC1)c1n[nH]c(C2CC2)n1. The molecule has 2 heterocycles. The van der Waals surface area contributed by atoms with Crippen LogP contribution in [0.2, 0.25) is 0 Å². The van der Waals surface area contributed by atoms with Crippen LogP contribution in [-0.4, -0.2) is 52.2 Å². The zero-order valence-corrected chi connectivity index (χ0v) is 11.9. The fourth-order valence-electron chi connectivity index (χ4n) is 2.68. The third kappa shape index (κ3) is 3.56. The van der Waals surface area contributed by atoms with Gasteiger partial charge in [-0.05, 0) is 51.7 Å². The first-order valence-electron chi connectivity index (χ1n) is 7.76. The highest BCUT2D eigenvalue weighted by molar-refractivity contribution is 5.90. The van der Waals surface area contributed by atoms with Gasteiger partial charge in [-0.2, -0.15) is 0 Å². The van der Waals surface area contributed by atoms with E-state index in [0.29, 0.717) is 12.5 Å². The number of hydrogen-bond donors (Lipinski definition) is 2. The number of H-pyrrole nitrogens is 1. The van der Waals surface area contributed by atoms with Crippen molar-refractivity contribution >= 4 is 5.91 Å². The summed E-state index contributed by atoms with van der Waals surface area (Å²) in [6, 6.07) is 0. The lowest BCUT2D eigenvalue weighted by atomic mass is 10.1. The highest BCUT2D eigenvalue weighted by Gasteiger charge is 2.28. The van der Waals surface area contributed by atoms with Crippen molar-refractivity contribution in [2.75, 3.05) is 26.2 Å². The molecule has 1 saturated heterocycles. The highest BCUT2D eigenvalue weighted by Crippen LogP contribution is 2.37. The summed E-state index contributed by atoms with van der Waals surface area (Å²) < 4.78 is 0. The fourth-order valence-corrected chi connectivity index (χ4v) is 2.68. The zero-order chi connectivity index (χ0) is 13.8. The van der Waals surface area contributed by atoms with Crippen LogP contribution in [0, 0.1) is 0 Å². The number of likely N-dealkylation sites (tertiary alicyclic amines) is 1. The van der Waals surface area contributed by atoms with Crippen molar-refractivity contribution in [3.8, 4) is 0 Å². The van der Waals surface area contributed by atoms with E-state index in [0.717, 1.165) is 31.6 Å². The van der Waals surface area contributed by atoms with E-state index < -0.39 is 0 Å². The van der Waals surface area contributed by atoms with Gasteiger partial charge in [-0.1, -0.05) is 6.42 Å². The fraction of sp³-hybridized carbons (Fsp3) is 0.786. The average molecular weight is 277 g/mol. The first kappa shape index (κ1) is 13.5. The standard InChI is InChI=1S/C14H23N5O/c20-14(13-16-12(17-18-13)11-5-6-11)15-7-4-10-19-8-2-1-3-9-19/h11H,1-10H2,(H,15,20)(H,16,17,18). The summed E-state index contributed by atoms with van der Waals surface area (Å²) in [5.41, 5.74) is 0. The van der Waals surface area contributed by atoms with Crippen LogP contribution in [0.4, 0.5) is 0 Å². The summed E-state index contributed by atoms with van der Waals surface area (Å²) >= 11 is 0. The van der Waals surface area contributed by atoms with Crippen LogP contribution in [0.15, 0.2) is 0 Å². The van der Waals surface area contributed by atoms with Crippen molar-refractivity contribution in [2.45, 2.75) is 44.4 Å². The van der Waals surface area contributed by atoms with Gasteiger partial charge in [0.25, 0.3) is 5.91 Å². The minimum absolute atomic E-state index is 0.160. The predicted molar refractivity (Wildman–Crippen MR) is 75.6 cm³/mol. The van der Waals surface area contributed by atoms with E-state index in [9.17, 15) is 4.79 Å². The van der Waals surface area contributed by atoms with Gasteiger partial charge in [-0.15, -0.1) is 5.10 Å². The number of piperidine rings is 1. The molecule has 0 radical (unpaired) electrons. The van der Waals surface area contributed by atoms with E-state index >= 15 is 0 Å². The molecule has 0 spiro atoms. The number of nitrogens with zero attached hydrogens (tertiary/aromatic N) is 3. The molecule has 1 aliphatic heterocycles. The minimum atomic E-state index is -0.160. The van der Waals surface area contributed by atoms with Crippen molar-refractivity contribution in [2.24, 2.45) is 0 Å². The quantitative estimate of drug-likeness (QED) is 0.768. The molecular formula is C14H23N5O. The van der Waals surface area contributed by atoms with E-state index in [1.165, 1.54) is 32.4 Å². The Hall–Kier alpha value is -1.43. The van der Waals surface area contributed by atoms with Crippen molar-refractivity contribution < 1.29 is 4.79 Å². The van der Waals surface area contributed by atoms with Gasteiger partial charge in [0.05, 0.1) is 0 Å². The average Bonchev–Trinajstić information content (AvgIpc) is 3.22. The van der Waals surface area contributed by atoms with E-state index in [1.54, 1.807) is 0 Å². The van der Waals surface area contributed by atoms with E-state index in [1.807, 2.05) is 0 Å². The summed E-state index contributed by atoms with van der Waals surface area (Å²) in [6.45, 7) is 4.18. The van der Waals surface area contributed by atoms with Crippen LogP contribution in [0.25, 0.3) is 0 Å². The molecule has 1 saturated carbocycles. The highest BCUT2D eigenvalue weighted by atomic mass is 16.2. The Bertz CT molecular complexity index is 448. The second kappa shape index (κ2) is 6.35. The van der Waals surface area contributed by atoms with Gasteiger partial charge >= 0.3 is 0 Å². The monoisotopic (exact) mass is 277 g/mol. The maximum atomic E-state index is 11.9. The third-order valence-corrected chi connectivity index (χ3v) is 4.06. The van der Waals surface area contributed by atoms with Gasteiger partial charge in [0.1, 0.15) is 5.82 Å². The molecule has 2 fully saturated rings. The van der Waals surface area contributed by atoms with Crippen molar-refractivity contribution in [3.05, 3.63) is 11.6 Å². The molecule has 1 aliphatic carbocycles. The normalized spacial score (nSPS) is 20.0. The van der Waals surface area contributed by atoms with Gasteiger partial charge < -0.3 is 10.2 Å². The van der Waals surface area contributed by atoms with Gasteiger partial charge in [-0.25, -0.2) is 4.98 Å². The van der Waals surface area contributed by atoms with Crippen LogP contribution >= 0.6 is 0 Å². The first-order chi connectivity index (χ1) is 9.83. The number of aromatic nitrogens is 3. The van der Waals surface area contributed by atoms with Crippen molar-refractivity contribution in [1.82, 2.24) is 25.4 Å². The molecule has 110 valence electrons. The maximum absolute atomic E-state index is 11.9. The van der Waals surface area contributed by atoms with E-state index in [4.69, 9.17) is 0 Å². The number of nitrogens with one attached hydrogen (secondary N) is 2. The Morgan fingerprint density at radius 2 is 2.10 bits per heavy atom. The topological polar surface area (TPSA) is 73.9 Å². The Balaban J connectivity index is 1.35. The Morgan fingerprint density at radius 1 is 1.30 bits per heavy atom. The van der Waals surface area contributed by atoms with Gasteiger partial charge in [0, 0.05) is 12.5 Å². The molecular weight excluding hydrogens is 254 g/mol. The number of carbonyl (C=O) groups is 1. The molecule has 6 nitrogen and oxygen atoms in total. The smallest absolute Gasteiger partial charge is 0.290 e. The number of hydrogen-bond acceptors (Lipinski definition) is 4. The van der Waals surface area contributed by atoms with E-state index in [2.05, 4.69) is 25.4 Å². The molecule has 1 aromatic heterocycles. The van der Waals surface area contributed by atoms with Crippen LogP contribution in [-0.2, 0) is 0 Å². The van der Waals surface area contributed by atoms with Crippen LogP contribution in [0.3, 0.4) is 0 Å². The molecule has 0 aromatic carbocycles. The van der Waals surface area contributed by atoms with Gasteiger partial charge in [0.2, 0.25) is 5.82 Å². The zero-order valence-electron chi connectivity index (χ0n) is 11.9. The van der Waals surface area contributed by atoms with Crippen molar-refractivity contribution in [3.63, 3.8) is 0 Å². The van der Waals surface area contributed by atoms with Crippen LogP contribution in [0.1, 0.15) is 60.9 Å². The van der Waals surface area contributed by atoms with Crippen LogP contribution in [0.5, 0.6) is 0 Å². The predicted octanol–water partition coefficient (Wildman–Crippen LogP) is 1.29. The summed E-state index contributed by atoms with van der Waals surface area (Å²) in [5, 5.41) is 9.75. The molecule has 3 rings (SSSR count). The summed E-state index contributed by atoms with van der Waals surface area (Å²) in [5.74, 6) is 1.49. The second-order valence-electron chi connectivity index (χ2n) is 5.83. The molecule has 2 aliphatic rings.